The molecule has 3 nitrogen and oxygen atoms in total. The molecular weight excluding hydrogens is 260 g/mol. The third-order valence-electron chi connectivity index (χ3n) is 2.88. The van der Waals surface area contributed by atoms with Crippen molar-refractivity contribution in [2.45, 2.75) is 33.2 Å². The molecule has 2 N–H and O–H groups in total. The number of halogens is 1. The zero-order valence-electron chi connectivity index (χ0n) is 11.9. The molecule has 0 saturated carbocycles. The number of nitrogens with one attached hydrogen (secondary N) is 2. The highest BCUT2D eigenvalue weighted by Gasteiger charge is 2.09. The maximum absolute atomic E-state index is 11.6. The Labute approximate surface area is 120 Å². The van der Waals surface area contributed by atoms with Gasteiger partial charge in [-0.3, -0.25) is 4.79 Å². The number of benzene rings is 1. The second-order valence-corrected chi connectivity index (χ2v) is 5.55. The van der Waals surface area contributed by atoms with Crippen LogP contribution in [0.2, 0.25) is 5.02 Å². The lowest BCUT2D eigenvalue weighted by atomic mass is 10.1. The van der Waals surface area contributed by atoms with Crippen LogP contribution in [0.15, 0.2) is 24.3 Å². The van der Waals surface area contributed by atoms with Gasteiger partial charge in [0.1, 0.15) is 0 Å². The fourth-order valence-electron chi connectivity index (χ4n) is 1.74. The van der Waals surface area contributed by atoms with E-state index in [0.29, 0.717) is 18.9 Å². The molecule has 0 heterocycles. The molecule has 106 valence electrons. The lowest BCUT2D eigenvalue weighted by molar-refractivity contribution is -0.121. The van der Waals surface area contributed by atoms with Gasteiger partial charge in [0.05, 0.1) is 0 Å². The molecule has 1 amide bonds. The van der Waals surface area contributed by atoms with E-state index in [0.717, 1.165) is 17.1 Å². The molecule has 1 unspecified atom stereocenters. The smallest absolute Gasteiger partial charge is 0.221 e. The van der Waals surface area contributed by atoms with Crippen molar-refractivity contribution < 1.29 is 4.79 Å². The van der Waals surface area contributed by atoms with Crippen molar-refractivity contribution in [3.8, 4) is 0 Å². The molecule has 0 spiro atoms. The van der Waals surface area contributed by atoms with Gasteiger partial charge in [-0.2, -0.15) is 0 Å². The average Bonchev–Trinajstić information content (AvgIpc) is 2.36. The summed E-state index contributed by atoms with van der Waals surface area (Å²) in [5, 5.41) is 6.97. The molecule has 1 aromatic carbocycles. The molecule has 0 radical (unpaired) electrons. The van der Waals surface area contributed by atoms with Gasteiger partial charge in [-0.25, -0.2) is 0 Å². The van der Waals surface area contributed by atoms with E-state index in [1.165, 1.54) is 0 Å². The highest BCUT2D eigenvalue weighted by molar-refractivity contribution is 6.31. The van der Waals surface area contributed by atoms with Crippen molar-refractivity contribution in [2.75, 3.05) is 13.1 Å². The van der Waals surface area contributed by atoms with Crippen LogP contribution in [0.4, 0.5) is 0 Å². The highest BCUT2D eigenvalue weighted by Crippen LogP contribution is 2.21. The summed E-state index contributed by atoms with van der Waals surface area (Å²) in [7, 11) is 0. The van der Waals surface area contributed by atoms with Gasteiger partial charge in [0.15, 0.2) is 0 Å². The Morgan fingerprint density at radius 3 is 2.58 bits per heavy atom. The Bertz CT molecular complexity index is 407. The van der Waals surface area contributed by atoms with Crippen LogP contribution < -0.4 is 10.6 Å². The third kappa shape index (κ3) is 6.08. The van der Waals surface area contributed by atoms with Crippen LogP contribution in [0.25, 0.3) is 0 Å². The standard InChI is InChI=1S/C15H23ClN2O/c1-11(2)10-18-15(19)8-9-17-12(3)13-6-4-5-7-14(13)16/h4-7,11-12,17H,8-10H2,1-3H3,(H,18,19). The molecule has 1 rings (SSSR count). The summed E-state index contributed by atoms with van der Waals surface area (Å²) in [5.74, 6) is 0.575. The zero-order valence-corrected chi connectivity index (χ0v) is 12.6. The SMILES string of the molecule is CC(C)CNC(=O)CCNC(C)c1ccccc1Cl. The molecule has 0 aliphatic rings. The first-order valence-corrected chi connectivity index (χ1v) is 7.13. The van der Waals surface area contributed by atoms with E-state index in [4.69, 9.17) is 11.6 Å². The molecule has 19 heavy (non-hydrogen) atoms. The maximum Gasteiger partial charge on any atom is 0.221 e. The average molecular weight is 283 g/mol. The van der Waals surface area contributed by atoms with Gasteiger partial charge >= 0.3 is 0 Å². The molecule has 0 fully saturated rings. The summed E-state index contributed by atoms with van der Waals surface area (Å²) in [4.78, 5) is 11.6. The van der Waals surface area contributed by atoms with Crippen LogP contribution in [-0.2, 0) is 4.79 Å². The Kier molecular flexibility index (Phi) is 6.89. The minimum Gasteiger partial charge on any atom is -0.356 e. The van der Waals surface area contributed by atoms with Gasteiger partial charge in [-0.05, 0) is 24.5 Å². The molecule has 0 aliphatic heterocycles. The number of rotatable bonds is 7. The fourth-order valence-corrected chi connectivity index (χ4v) is 2.04. The summed E-state index contributed by atoms with van der Waals surface area (Å²) in [6.45, 7) is 7.60. The summed E-state index contributed by atoms with van der Waals surface area (Å²) in [6.07, 6.45) is 0.488. The van der Waals surface area contributed by atoms with Gasteiger partial charge in [-0.1, -0.05) is 43.6 Å². The van der Waals surface area contributed by atoms with Crippen molar-refractivity contribution in [3.63, 3.8) is 0 Å². The first-order chi connectivity index (χ1) is 9.00. The van der Waals surface area contributed by atoms with E-state index in [1.807, 2.05) is 31.2 Å². The number of amides is 1. The van der Waals surface area contributed by atoms with Gasteiger partial charge in [0.2, 0.25) is 5.91 Å². The van der Waals surface area contributed by atoms with E-state index >= 15 is 0 Å². The summed E-state index contributed by atoms with van der Waals surface area (Å²) >= 11 is 6.13. The second-order valence-electron chi connectivity index (χ2n) is 5.15. The molecule has 0 bridgehead atoms. The van der Waals surface area contributed by atoms with Crippen LogP contribution in [0.1, 0.15) is 38.8 Å². The molecule has 0 aliphatic carbocycles. The van der Waals surface area contributed by atoms with Crippen molar-refractivity contribution in [3.05, 3.63) is 34.9 Å². The number of hydrogen-bond acceptors (Lipinski definition) is 2. The molecular formula is C15H23ClN2O. The molecule has 0 saturated heterocycles. The van der Waals surface area contributed by atoms with Gasteiger partial charge < -0.3 is 10.6 Å². The largest absolute Gasteiger partial charge is 0.356 e. The van der Waals surface area contributed by atoms with E-state index < -0.39 is 0 Å². The van der Waals surface area contributed by atoms with Crippen molar-refractivity contribution >= 4 is 17.5 Å². The minimum absolute atomic E-state index is 0.0903. The highest BCUT2D eigenvalue weighted by atomic mass is 35.5. The van der Waals surface area contributed by atoms with Gasteiger partial charge in [-0.15, -0.1) is 0 Å². The second kappa shape index (κ2) is 8.18. The maximum atomic E-state index is 11.6. The third-order valence-corrected chi connectivity index (χ3v) is 3.23. The van der Waals surface area contributed by atoms with E-state index in [1.54, 1.807) is 0 Å². The Hall–Kier alpha value is -1.06. The molecule has 1 atom stereocenters. The Morgan fingerprint density at radius 1 is 1.26 bits per heavy atom. The minimum atomic E-state index is 0.0903. The van der Waals surface area contributed by atoms with E-state index in [-0.39, 0.29) is 11.9 Å². The fraction of sp³-hybridized carbons (Fsp3) is 0.533. The summed E-state index contributed by atoms with van der Waals surface area (Å²) in [6, 6.07) is 7.90. The van der Waals surface area contributed by atoms with Crippen LogP contribution in [0.5, 0.6) is 0 Å². The quantitative estimate of drug-likeness (QED) is 0.807. The van der Waals surface area contributed by atoms with Gasteiger partial charge in [0, 0.05) is 30.6 Å². The first kappa shape index (κ1) is 16.0. The van der Waals surface area contributed by atoms with Gasteiger partial charge in [0.25, 0.3) is 0 Å². The lowest BCUT2D eigenvalue weighted by Crippen LogP contribution is -2.31. The number of carbonyl (C=O) groups is 1. The Balaban J connectivity index is 2.29. The predicted octanol–water partition coefficient (Wildman–Crippen LogP) is 3.15. The number of hydrogen-bond donors (Lipinski definition) is 2. The topological polar surface area (TPSA) is 41.1 Å². The molecule has 4 heteroatoms. The van der Waals surface area contributed by atoms with Crippen LogP contribution in [-0.4, -0.2) is 19.0 Å². The lowest BCUT2D eigenvalue weighted by Gasteiger charge is -2.15. The summed E-state index contributed by atoms with van der Waals surface area (Å²) in [5.41, 5.74) is 1.06. The molecule has 0 aromatic heterocycles. The monoisotopic (exact) mass is 282 g/mol. The zero-order chi connectivity index (χ0) is 14.3. The van der Waals surface area contributed by atoms with Crippen LogP contribution in [0, 0.1) is 5.92 Å². The van der Waals surface area contributed by atoms with Crippen molar-refractivity contribution in [1.82, 2.24) is 10.6 Å². The number of carbonyl (C=O) groups excluding carboxylic acids is 1. The normalized spacial score (nSPS) is 12.5. The van der Waals surface area contributed by atoms with E-state index in [2.05, 4.69) is 24.5 Å². The van der Waals surface area contributed by atoms with E-state index in [9.17, 15) is 4.79 Å². The van der Waals surface area contributed by atoms with Crippen molar-refractivity contribution in [1.29, 1.82) is 0 Å². The van der Waals surface area contributed by atoms with Crippen LogP contribution in [0.3, 0.4) is 0 Å². The summed E-state index contributed by atoms with van der Waals surface area (Å²) < 4.78 is 0. The van der Waals surface area contributed by atoms with Crippen LogP contribution >= 0.6 is 11.6 Å². The molecule has 1 aromatic rings. The first-order valence-electron chi connectivity index (χ1n) is 6.75. The predicted molar refractivity (Wildman–Crippen MR) is 80.3 cm³/mol. The Morgan fingerprint density at radius 2 is 1.95 bits per heavy atom. The van der Waals surface area contributed by atoms with Crippen molar-refractivity contribution in [2.24, 2.45) is 5.92 Å².